The number of hydrogen-bond acceptors (Lipinski definition) is 3. The lowest BCUT2D eigenvalue weighted by Crippen LogP contribution is -2.09. The van der Waals surface area contributed by atoms with Gasteiger partial charge in [-0.05, 0) is 27.2 Å². The standard InChI is InChI=1S/C14H23N5/c1-6-7-12-16-13(14(15)19(12)9(2)3)11-8-18(5)17-10(11)4/h8-9H,6-7,15H2,1-5H3. The summed E-state index contributed by atoms with van der Waals surface area (Å²) in [5, 5.41) is 4.37. The van der Waals surface area contributed by atoms with E-state index in [1.54, 1.807) is 4.68 Å². The van der Waals surface area contributed by atoms with Crippen molar-refractivity contribution in [1.29, 1.82) is 0 Å². The number of nitrogen functional groups attached to an aromatic ring is 1. The largest absolute Gasteiger partial charge is 0.383 e. The summed E-state index contributed by atoms with van der Waals surface area (Å²) >= 11 is 0. The summed E-state index contributed by atoms with van der Waals surface area (Å²) in [5.74, 6) is 1.81. The Labute approximate surface area is 114 Å². The highest BCUT2D eigenvalue weighted by molar-refractivity contribution is 5.72. The van der Waals surface area contributed by atoms with Gasteiger partial charge in [-0.2, -0.15) is 5.10 Å². The van der Waals surface area contributed by atoms with Crippen molar-refractivity contribution in [2.75, 3.05) is 5.73 Å². The van der Waals surface area contributed by atoms with E-state index in [0.29, 0.717) is 6.04 Å². The lowest BCUT2D eigenvalue weighted by molar-refractivity contribution is 0.571. The van der Waals surface area contributed by atoms with Crippen LogP contribution in [0, 0.1) is 6.92 Å². The molecule has 2 N–H and O–H groups in total. The van der Waals surface area contributed by atoms with Gasteiger partial charge < -0.3 is 10.3 Å². The van der Waals surface area contributed by atoms with Crippen LogP contribution in [0.25, 0.3) is 11.3 Å². The molecular formula is C14H23N5. The predicted molar refractivity (Wildman–Crippen MR) is 78.0 cm³/mol. The van der Waals surface area contributed by atoms with E-state index in [0.717, 1.165) is 41.4 Å². The molecule has 5 heteroatoms. The van der Waals surface area contributed by atoms with Crippen LogP contribution in [-0.4, -0.2) is 19.3 Å². The smallest absolute Gasteiger partial charge is 0.132 e. The van der Waals surface area contributed by atoms with Crippen molar-refractivity contribution in [2.45, 2.75) is 46.6 Å². The number of aryl methyl sites for hydroxylation is 3. The van der Waals surface area contributed by atoms with E-state index in [1.165, 1.54) is 0 Å². The molecule has 0 spiro atoms. The Morgan fingerprint density at radius 3 is 2.53 bits per heavy atom. The van der Waals surface area contributed by atoms with Gasteiger partial charge >= 0.3 is 0 Å². The van der Waals surface area contributed by atoms with Gasteiger partial charge in [-0.3, -0.25) is 4.68 Å². The van der Waals surface area contributed by atoms with Gasteiger partial charge in [0.15, 0.2) is 0 Å². The first-order valence-electron chi connectivity index (χ1n) is 6.82. The van der Waals surface area contributed by atoms with Crippen molar-refractivity contribution in [3.63, 3.8) is 0 Å². The molecule has 0 bridgehead atoms. The second-order valence-electron chi connectivity index (χ2n) is 5.28. The van der Waals surface area contributed by atoms with Crippen LogP contribution >= 0.6 is 0 Å². The van der Waals surface area contributed by atoms with Crippen molar-refractivity contribution < 1.29 is 0 Å². The summed E-state index contributed by atoms with van der Waals surface area (Å²) in [4.78, 5) is 4.75. The van der Waals surface area contributed by atoms with Crippen molar-refractivity contribution in [1.82, 2.24) is 19.3 Å². The van der Waals surface area contributed by atoms with E-state index in [-0.39, 0.29) is 0 Å². The van der Waals surface area contributed by atoms with E-state index >= 15 is 0 Å². The van der Waals surface area contributed by atoms with Gasteiger partial charge in [-0.15, -0.1) is 0 Å². The van der Waals surface area contributed by atoms with E-state index in [1.807, 2.05) is 20.2 Å². The van der Waals surface area contributed by atoms with E-state index in [2.05, 4.69) is 30.4 Å². The summed E-state index contributed by atoms with van der Waals surface area (Å²) < 4.78 is 3.93. The molecule has 0 fully saturated rings. The van der Waals surface area contributed by atoms with E-state index in [9.17, 15) is 0 Å². The van der Waals surface area contributed by atoms with Crippen molar-refractivity contribution in [2.24, 2.45) is 7.05 Å². The zero-order chi connectivity index (χ0) is 14.2. The third kappa shape index (κ3) is 2.37. The second kappa shape index (κ2) is 5.07. The third-order valence-corrected chi connectivity index (χ3v) is 3.28. The van der Waals surface area contributed by atoms with Gasteiger partial charge in [0.1, 0.15) is 17.3 Å². The first-order valence-corrected chi connectivity index (χ1v) is 6.82. The molecule has 2 aromatic heterocycles. The molecule has 5 nitrogen and oxygen atoms in total. The molecule has 0 radical (unpaired) electrons. The number of aromatic nitrogens is 4. The number of imidazole rings is 1. The molecule has 19 heavy (non-hydrogen) atoms. The highest BCUT2D eigenvalue weighted by Gasteiger charge is 2.20. The SMILES string of the molecule is CCCc1nc(-c2cn(C)nc2C)c(N)n1C(C)C. The molecule has 0 aliphatic carbocycles. The maximum atomic E-state index is 6.31. The monoisotopic (exact) mass is 261 g/mol. The molecule has 0 saturated carbocycles. The zero-order valence-electron chi connectivity index (χ0n) is 12.4. The molecule has 0 aliphatic heterocycles. The van der Waals surface area contributed by atoms with Crippen molar-refractivity contribution in [3.8, 4) is 11.3 Å². The minimum atomic E-state index is 0.319. The Morgan fingerprint density at radius 2 is 2.05 bits per heavy atom. The van der Waals surface area contributed by atoms with Crippen LogP contribution in [0.2, 0.25) is 0 Å². The van der Waals surface area contributed by atoms with Gasteiger partial charge in [0.05, 0.1) is 5.69 Å². The van der Waals surface area contributed by atoms with Gasteiger partial charge in [-0.25, -0.2) is 4.98 Å². The highest BCUT2D eigenvalue weighted by atomic mass is 15.3. The first-order chi connectivity index (χ1) is 8.95. The molecule has 0 aromatic carbocycles. The Bertz CT molecular complexity index is 577. The molecule has 0 amide bonds. The van der Waals surface area contributed by atoms with Crippen LogP contribution in [0.1, 0.15) is 44.8 Å². The Kier molecular flexibility index (Phi) is 3.64. The summed E-state index contributed by atoms with van der Waals surface area (Å²) in [7, 11) is 1.92. The topological polar surface area (TPSA) is 61.7 Å². The van der Waals surface area contributed by atoms with Crippen molar-refractivity contribution in [3.05, 3.63) is 17.7 Å². The average molecular weight is 261 g/mol. The molecule has 104 valence electrons. The average Bonchev–Trinajstić information content (AvgIpc) is 2.79. The summed E-state index contributed by atoms with van der Waals surface area (Å²) in [5.41, 5.74) is 9.16. The molecule has 0 aliphatic rings. The minimum Gasteiger partial charge on any atom is -0.383 e. The number of rotatable bonds is 4. The van der Waals surface area contributed by atoms with Crippen LogP contribution in [0.4, 0.5) is 5.82 Å². The Balaban J connectivity index is 2.58. The number of nitrogens with zero attached hydrogens (tertiary/aromatic N) is 4. The second-order valence-corrected chi connectivity index (χ2v) is 5.28. The fourth-order valence-corrected chi connectivity index (χ4v) is 2.50. The highest BCUT2D eigenvalue weighted by Crippen LogP contribution is 2.31. The fraction of sp³-hybridized carbons (Fsp3) is 0.571. The fourth-order valence-electron chi connectivity index (χ4n) is 2.50. The van der Waals surface area contributed by atoms with Crippen LogP contribution in [-0.2, 0) is 13.5 Å². The quantitative estimate of drug-likeness (QED) is 0.920. The summed E-state index contributed by atoms with van der Waals surface area (Å²) in [6.45, 7) is 8.42. The van der Waals surface area contributed by atoms with Gasteiger partial charge in [0, 0.05) is 31.3 Å². The van der Waals surface area contributed by atoms with Gasteiger partial charge in [-0.1, -0.05) is 6.92 Å². The van der Waals surface area contributed by atoms with Crippen LogP contribution in [0.5, 0.6) is 0 Å². The normalized spacial score (nSPS) is 11.5. The molecule has 2 heterocycles. The van der Waals surface area contributed by atoms with Crippen LogP contribution in [0.3, 0.4) is 0 Å². The van der Waals surface area contributed by atoms with Crippen LogP contribution in [0.15, 0.2) is 6.20 Å². The lowest BCUT2D eigenvalue weighted by atomic mass is 10.2. The molecule has 2 aromatic rings. The summed E-state index contributed by atoms with van der Waals surface area (Å²) in [6.07, 6.45) is 3.99. The molecule has 0 atom stereocenters. The van der Waals surface area contributed by atoms with Gasteiger partial charge in [0.25, 0.3) is 0 Å². The number of nitrogens with two attached hydrogens (primary N) is 1. The number of anilines is 1. The first kappa shape index (κ1) is 13.6. The zero-order valence-corrected chi connectivity index (χ0v) is 12.4. The molecule has 2 rings (SSSR count). The van der Waals surface area contributed by atoms with E-state index < -0.39 is 0 Å². The molecule has 0 saturated heterocycles. The minimum absolute atomic E-state index is 0.319. The van der Waals surface area contributed by atoms with Gasteiger partial charge in [0.2, 0.25) is 0 Å². The predicted octanol–water partition coefficient (Wildman–Crippen LogP) is 2.71. The third-order valence-electron chi connectivity index (χ3n) is 3.28. The maximum absolute atomic E-state index is 6.31. The maximum Gasteiger partial charge on any atom is 0.132 e. The number of hydrogen-bond donors (Lipinski definition) is 1. The lowest BCUT2D eigenvalue weighted by Gasteiger charge is -2.13. The summed E-state index contributed by atoms with van der Waals surface area (Å²) in [6, 6.07) is 0.319. The van der Waals surface area contributed by atoms with Crippen LogP contribution < -0.4 is 5.73 Å². The molecular weight excluding hydrogens is 238 g/mol. The van der Waals surface area contributed by atoms with E-state index in [4.69, 9.17) is 10.7 Å². The Morgan fingerprint density at radius 1 is 1.37 bits per heavy atom. The Hall–Kier alpha value is -1.78. The molecule has 0 unspecified atom stereocenters. The van der Waals surface area contributed by atoms with Crippen molar-refractivity contribution >= 4 is 5.82 Å².